The van der Waals surface area contributed by atoms with Gasteiger partial charge in [0, 0.05) is 51.7 Å². The highest BCUT2D eigenvalue weighted by Gasteiger charge is 2.43. The van der Waals surface area contributed by atoms with Gasteiger partial charge in [-0.15, -0.1) is 0 Å². The third-order valence-corrected chi connectivity index (χ3v) is 14.2. The average molecular weight is 536 g/mol. The van der Waals surface area contributed by atoms with Crippen molar-refractivity contribution in [2.45, 2.75) is 73.4 Å². The van der Waals surface area contributed by atoms with Crippen LogP contribution < -0.4 is 0 Å². The quantitative estimate of drug-likeness (QED) is 0.0783. The molecule has 8 nitrogen and oxygen atoms in total. The molecular weight excluding hydrogens is 487 g/mol. The SMILES string of the molecule is CCO[Si](CCCO[P+](S)(CC)OCCC[Si](OCC)(OCC)OCC)(OCC)OCC. The zero-order valence-electron chi connectivity index (χ0n) is 21.4. The standard InChI is InChI=1S/C20H48O8PSSi2/c1-8-23-31(24-9-2,25-10-3)19-15-17-21-29(30,14-7)22-18-16-20-32(26-11-4,27-12-5)28-13-6/h30H,8-20H2,1-7H3/q+1. The first-order valence-corrected chi connectivity index (χ1v) is 18.9. The lowest BCUT2D eigenvalue weighted by molar-refractivity contribution is 0.0695. The molecule has 0 fully saturated rings. The second kappa shape index (κ2) is 19.1. The van der Waals surface area contributed by atoms with E-state index in [2.05, 4.69) is 0 Å². The highest BCUT2D eigenvalue weighted by Crippen LogP contribution is 2.65. The second-order valence-corrected chi connectivity index (χ2v) is 16.5. The van der Waals surface area contributed by atoms with E-state index < -0.39 is 24.5 Å². The summed E-state index contributed by atoms with van der Waals surface area (Å²) in [5.41, 5.74) is 0. The van der Waals surface area contributed by atoms with E-state index in [9.17, 15) is 0 Å². The molecule has 194 valence electrons. The molecule has 0 radical (unpaired) electrons. The molecule has 0 atom stereocenters. The highest BCUT2D eigenvalue weighted by molar-refractivity contribution is 8.49. The zero-order chi connectivity index (χ0) is 24.3. The van der Waals surface area contributed by atoms with E-state index >= 15 is 0 Å². The molecule has 0 unspecified atom stereocenters. The summed E-state index contributed by atoms with van der Waals surface area (Å²) in [5, 5.41) is 0. The molecule has 0 saturated carbocycles. The van der Waals surface area contributed by atoms with Gasteiger partial charge in [-0.2, -0.15) is 9.05 Å². The van der Waals surface area contributed by atoms with Crippen LogP contribution in [0, 0.1) is 0 Å². The van der Waals surface area contributed by atoms with E-state index in [0.29, 0.717) is 64.9 Å². The van der Waals surface area contributed by atoms with Gasteiger partial charge < -0.3 is 26.6 Å². The van der Waals surface area contributed by atoms with Crippen molar-refractivity contribution < 1.29 is 35.6 Å². The second-order valence-electron chi connectivity index (χ2n) is 6.79. The average Bonchev–Trinajstić information content (AvgIpc) is 2.76. The molecule has 0 saturated heterocycles. The Hall–Kier alpha value is 0.894. The minimum atomic E-state index is -2.65. The Balaban J connectivity index is 4.62. The van der Waals surface area contributed by atoms with E-state index in [1.54, 1.807) is 0 Å². The predicted molar refractivity (Wildman–Crippen MR) is 138 cm³/mol. The molecule has 12 heteroatoms. The van der Waals surface area contributed by atoms with Gasteiger partial charge in [0.05, 0.1) is 25.5 Å². The molecule has 0 aliphatic heterocycles. The van der Waals surface area contributed by atoms with Crippen LogP contribution >= 0.6 is 19.2 Å². The van der Waals surface area contributed by atoms with E-state index in [1.807, 2.05) is 48.5 Å². The first-order valence-electron chi connectivity index (χ1n) is 12.1. The topological polar surface area (TPSA) is 73.8 Å². The van der Waals surface area contributed by atoms with Gasteiger partial charge in [-0.25, -0.2) is 0 Å². The van der Waals surface area contributed by atoms with E-state index in [0.717, 1.165) is 19.0 Å². The molecule has 0 aromatic rings. The first-order chi connectivity index (χ1) is 15.3. The molecule has 0 spiro atoms. The van der Waals surface area contributed by atoms with Gasteiger partial charge in [-0.05, 0) is 61.3 Å². The first kappa shape index (κ1) is 32.9. The van der Waals surface area contributed by atoms with Crippen molar-refractivity contribution in [2.24, 2.45) is 0 Å². The summed E-state index contributed by atoms with van der Waals surface area (Å²) in [7, 11) is -5.30. The van der Waals surface area contributed by atoms with Gasteiger partial charge in [0.1, 0.15) is 6.16 Å². The Morgan fingerprint density at radius 2 is 0.812 bits per heavy atom. The predicted octanol–water partition coefficient (Wildman–Crippen LogP) is 5.61. The molecule has 0 amide bonds. The molecule has 0 rings (SSSR count). The summed E-state index contributed by atoms with van der Waals surface area (Å²) in [5.74, 6) is 0. The van der Waals surface area contributed by atoms with Crippen LogP contribution in [0.4, 0.5) is 0 Å². The van der Waals surface area contributed by atoms with Crippen LogP contribution in [0.3, 0.4) is 0 Å². The summed E-state index contributed by atoms with van der Waals surface area (Å²) in [6, 6.07) is 1.43. The maximum Gasteiger partial charge on any atom is 0.501 e. The Morgan fingerprint density at radius 1 is 0.531 bits per heavy atom. The Morgan fingerprint density at radius 3 is 1.03 bits per heavy atom. The summed E-state index contributed by atoms with van der Waals surface area (Å²) in [4.78, 5) is 0. The Kier molecular flexibility index (Phi) is 19.7. The fourth-order valence-corrected chi connectivity index (χ4v) is 10.1. The summed E-state index contributed by atoms with van der Waals surface area (Å²) >= 11 is 4.76. The van der Waals surface area contributed by atoms with Crippen molar-refractivity contribution in [1.82, 2.24) is 0 Å². The van der Waals surface area contributed by atoms with Gasteiger partial charge in [-0.1, -0.05) is 0 Å². The molecule has 0 N–H and O–H groups in total. The third-order valence-electron chi connectivity index (χ3n) is 4.43. The molecule has 0 bridgehead atoms. The molecule has 32 heavy (non-hydrogen) atoms. The molecular formula is C20H48O8PSSi2+. The Bertz CT molecular complexity index is 386. The van der Waals surface area contributed by atoms with Crippen molar-refractivity contribution in [1.29, 1.82) is 0 Å². The summed E-state index contributed by atoms with van der Waals surface area (Å²) in [6.07, 6.45) is 2.27. The van der Waals surface area contributed by atoms with Gasteiger partial charge in [0.15, 0.2) is 0 Å². The summed E-state index contributed by atoms with van der Waals surface area (Å²) in [6.45, 7) is 16.1. The Labute approximate surface area is 204 Å². The van der Waals surface area contributed by atoms with Crippen molar-refractivity contribution in [2.75, 3.05) is 59.0 Å². The largest absolute Gasteiger partial charge is 0.501 e. The lowest BCUT2D eigenvalue weighted by Crippen LogP contribution is -2.46. The molecule has 0 heterocycles. The van der Waals surface area contributed by atoms with Crippen molar-refractivity contribution in [3.05, 3.63) is 0 Å². The molecule has 0 aromatic heterocycles. The van der Waals surface area contributed by atoms with Crippen molar-refractivity contribution in [3.63, 3.8) is 0 Å². The van der Waals surface area contributed by atoms with Crippen LogP contribution in [0.25, 0.3) is 0 Å². The van der Waals surface area contributed by atoms with Gasteiger partial charge in [-0.3, -0.25) is 0 Å². The molecule has 0 aliphatic carbocycles. The highest BCUT2D eigenvalue weighted by atomic mass is 32.7. The van der Waals surface area contributed by atoms with Crippen LogP contribution in [0.2, 0.25) is 12.1 Å². The fourth-order valence-electron chi connectivity index (χ4n) is 3.21. The normalized spacial score (nSPS) is 13.1. The molecule has 0 aromatic carbocycles. The van der Waals surface area contributed by atoms with Gasteiger partial charge in [0.25, 0.3) is 0 Å². The van der Waals surface area contributed by atoms with Crippen LogP contribution in [0.1, 0.15) is 61.3 Å². The minimum absolute atomic E-state index is 0.530. The molecule has 0 aliphatic rings. The lowest BCUT2D eigenvalue weighted by atomic mass is 10.5. The smallest absolute Gasteiger partial charge is 0.374 e. The van der Waals surface area contributed by atoms with Gasteiger partial charge in [0.2, 0.25) is 0 Å². The van der Waals surface area contributed by atoms with Crippen molar-refractivity contribution >= 4 is 36.8 Å². The van der Waals surface area contributed by atoms with Crippen LogP contribution in [0.15, 0.2) is 0 Å². The number of hydrogen-bond donors (Lipinski definition) is 1. The fraction of sp³-hybridized carbons (Fsp3) is 1.00. The van der Waals surface area contributed by atoms with Crippen LogP contribution in [-0.2, 0) is 35.6 Å². The van der Waals surface area contributed by atoms with E-state index in [-0.39, 0.29) is 0 Å². The van der Waals surface area contributed by atoms with Crippen LogP contribution in [-0.4, -0.2) is 76.6 Å². The van der Waals surface area contributed by atoms with Crippen molar-refractivity contribution in [3.8, 4) is 0 Å². The number of thiol groups is 1. The van der Waals surface area contributed by atoms with Crippen LogP contribution in [0.5, 0.6) is 0 Å². The maximum atomic E-state index is 6.11. The lowest BCUT2D eigenvalue weighted by Gasteiger charge is -2.28. The van der Waals surface area contributed by atoms with Gasteiger partial charge >= 0.3 is 24.5 Å². The zero-order valence-corrected chi connectivity index (χ0v) is 25.1. The third kappa shape index (κ3) is 13.1. The summed E-state index contributed by atoms with van der Waals surface area (Å²) < 4.78 is 47.7. The minimum Gasteiger partial charge on any atom is -0.374 e. The van der Waals surface area contributed by atoms with E-state index in [1.165, 1.54) is 0 Å². The van der Waals surface area contributed by atoms with E-state index in [4.69, 9.17) is 47.9 Å². The maximum absolute atomic E-state index is 6.11. The number of hydrogen-bond acceptors (Lipinski definition) is 9. The number of rotatable bonds is 23. The monoisotopic (exact) mass is 535 g/mol.